The molecule has 3 fully saturated rings. The van der Waals surface area contributed by atoms with Crippen molar-refractivity contribution in [1.29, 1.82) is 0 Å². The molecule has 55 heavy (non-hydrogen) atoms. The molecule has 3 saturated heterocycles. The molecule has 0 aliphatic carbocycles. The maximum Gasteiger partial charge on any atom is 0.311 e. The average molecular weight is 791 g/mol. The first-order chi connectivity index (χ1) is 25.3. The van der Waals surface area contributed by atoms with Crippen LogP contribution in [0.1, 0.15) is 101 Å². The van der Waals surface area contributed by atoms with Crippen LogP contribution in [0.4, 0.5) is 0 Å². The third-order valence-electron chi connectivity index (χ3n) is 12.9. The summed E-state index contributed by atoms with van der Waals surface area (Å²) in [6.45, 7) is 18.0. The van der Waals surface area contributed by atoms with E-state index in [4.69, 9.17) is 28.4 Å². The van der Waals surface area contributed by atoms with Crippen LogP contribution in [-0.2, 0) is 38.0 Å². The Kier molecular flexibility index (Phi) is 16.6. The van der Waals surface area contributed by atoms with E-state index in [1.165, 1.54) is 14.0 Å². The van der Waals surface area contributed by atoms with Crippen molar-refractivity contribution in [2.45, 2.75) is 186 Å². The molecular formula is C40H74N2O13. The van der Waals surface area contributed by atoms with Crippen LogP contribution in [0.15, 0.2) is 0 Å². The van der Waals surface area contributed by atoms with Gasteiger partial charge in [-0.05, 0) is 94.8 Å². The summed E-state index contributed by atoms with van der Waals surface area (Å²) in [6, 6.07) is -0.848. The van der Waals surface area contributed by atoms with Crippen LogP contribution in [0.3, 0.4) is 0 Å². The molecule has 3 rings (SSSR count). The number of carboxylic acid groups (broad SMARTS) is 1. The predicted molar refractivity (Wildman–Crippen MR) is 204 cm³/mol. The molecule has 0 saturated carbocycles. The van der Waals surface area contributed by atoms with Crippen LogP contribution in [0.25, 0.3) is 0 Å². The lowest BCUT2D eigenvalue weighted by Gasteiger charge is -2.49. The third-order valence-corrected chi connectivity index (χ3v) is 12.9. The molecule has 0 aromatic rings. The number of ether oxygens (including phenoxy) is 6. The van der Waals surface area contributed by atoms with Gasteiger partial charge in [0.25, 0.3) is 0 Å². The summed E-state index contributed by atoms with van der Waals surface area (Å²) in [7, 11) is 7.09. The van der Waals surface area contributed by atoms with E-state index in [2.05, 4.69) is 0 Å². The maximum absolute atomic E-state index is 14.3. The van der Waals surface area contributed by atoms with Gasteiger partial charge in [-0.1, -0.05) is 20.8 Å². The molecule has 0 amide bonds. The molecule has 3 aliphatic rings. The Morgan fingerprint density at radius 3 is 2.16 bits per heavy atom. The van der Waals surface area contributed by atoms with Crippen molar-refractivity contribution in [2.24, 2.45) is 23.7 Å². The van der Waals surface area contributed by atoms with Crippen molar-refractivity contribution >= 4 is 11.9 Å². The first-order valence-electron chi connectivity index (χ1n) is 20.1. The maximum atomic E-state index is 14.3. The number of likely N-dealkylation sites (N-methyl/N-ethyl adjacent to an activating group) is 2. The highest BCUT2D eigenvalue weighted by Crippen LogP contribution is 2.42. The number of rotatable bonds is 9. The molecule has 0 bridgehead atoms. The van der Waals surface area contributed by atoms with Crippen molar-refractivity contribution in [2.75, 3.05) is 34.8 Å². The molecule has 0 spiro atoms. The Morgan fingerprint density at radius 2 is 1.62 bits per heavy atom. The van der Waals surface area contributed by atoms with E-state index in [-0.39, 0.29) is 43.7 Å². The van der Waals surface area contributed by atoms with Gasteiger partial charge in [0, 0.05) is 44.0 Å². The number of hydrogen-bond donors (Lipinski definition) is 5. The minimum atomic E-state index is -1.82. The molecule has 0 radical (unpaired) electrons. The van der Waals surface area contributed by atoms with Crippen molar-refractivity contribution in [3.63, 3.8) is 0 Å². The van der Waals surface area contributed by atoms with Crippen molar-refractivity contribution in [3.8, 4) is 0 Å². The largest absolute Gasteiger partial charge is 0.481 e. The summed E-state index contributed by atoms with van der Waals surface area (Å²) in [5.41, 5.74) is -4.38. The highest BCUT2D eigenvalue weighted by molar-refractivity contribution is 5.73. The number of cyclic esters (lactones) is 1. The lowest BCUT2D eigenvalue weighted by molar-refractivity contribution is -0.314. The lowest BCUT2D eigenvalue weighted by Crippen LogP contribution is -2.60. The van der Waals surface area contributed by atoms with Gasteiger partial charge in [0.05, 0.1) is 48.0 Å². The van der Waals surface area contributed by atoms with Gasteiger partial charge in [0.2, 0.25) is 0 Å². The molecule has 0 aromatic carbocycles. The van der Waals surface area contributed by atoms with Gasteiger partial charge in [-0.25, -0.2) is 0 Å². The molecule has 5 N–H and O–H groups in total. The van der Waals surface area contributed by atoms with Gasteiger partial charge in [-0.2, -0.15) is 0 Å². The van der Waals surface area contributed by atoms with Gasteiger partial charge in [-0.15, -0.1) is 0 Å². The van der Waals surface area contributed by atoms with Crippen LogP contribution in [-0.4, -0.2) is 166 Å². The second-order valence-electron chi connectivity index (χ2n) is 17.9. The van der Waals surface area contributed by atoms with Crippen LogP contribution in [0.5, 0.6) is 0 Å². The zero-order valence-corrected chi connectivity index (χ0v) is 35.8. The summed E-state index contributed by atoms with van der Waals surface area (Å²) in [6.07, 6.45) is -7.66. The summed E-state index contributed by atoms with van der Waals surface area (Å²) >= 11 is 0. The lowest BCUT2D eigenvalue weighted by atomic mass is 9.77. The molecule has 3 heterocycles. The summed E-state index contributed by atoms with van der Waals surface area (Å²) < 4.78 is 38.0. The van der Waals surface area contributed by atoms with Crippen molar-refractivity contribution in [1.82, 2.24) is 9.80 Å². The summed E-state index contributed by atoms with van der Waals surface area (Å²) in [4.78, 5) is 29.9. The van der Waals surface area contributed by atoms with Crippen LogP contribution < -0.4 is 0 Å². The van der Waals surface area contributed by atoms with E-state index in [9.17, 15) is 35.1 Å². The van der Waals surface area contributed by atoms with Gasteiger partial charge in [0.15, 0.2) is 12.6 Å². The Labute approximate surface area is 328 Å². The van der Waals surface area contributed by atoms with E-state index < -0.39 is 102 Å². The number of aliphatic hydroxyl groups is 4. The Balaban J connectivity index is 2.18. The number of methoxy groups -OCH3 is 1. The number of esters is 1. The van der Waals surface area contributed by atoms with E-state index >= 15 is 0 Å². The first kappa shape index (κ1) is 47.9. The van der Waals surface area contributed by atoms with Gasteiger partial charge in [-0.3, -0.25) is 9.59 Å². The normalized spacial score (nSPS) is 47.5. The summed E-state index contributed by atoms with van der Waals surface area (Å²) in [5, 5.41) is 57.1. The number of carbonyl (C=O) groups excluding carboxylic acids is 1. The van der Waals surface area contributed by atoms with E-state index in [0.717, 1.165) is 0 Å². The van der Waals surface area contributed by atoms with E-state index in [1.54, 1.807) is 41.5 Å². The molecule has 15 heteroatoms. The van der Waals surface area contributed by atoms with Crippen LogP contribution >= 0.6 is 0 Å². The Bertz CT molecular complexity index is 1250. The quantitative estimate of drug-likeness (QED) is 0.214. The molecule has 0 aromatic heterocycles. The average Bonchev–Trinajstić information content (AvgIpc) is 3.08. The zero-order chi connectivity index (χ0) is 42.0. The fraction of sp³-hybridized carbons (Fsp3) is 0.950. The molecule has 18 atom stereocenters. The number of nitrogens with zero attached hydrogens (tertiary/aromatic N) is 2. The standard InChI is InChI=1S/C40H74N2O13/c1-15-29-40(10,49)34(46)25(6)42(13)20-21(2)18-38(8,48)35(55-37-32(45)28(41(11)12)16-22(3)51-37)23(4)33(24(5)36(47)53-29)54-31-19-39(9,50-14)27(17-30(43)44)26(7)52-31/h21-29,31-35,37,45-46,48-49H,15-20H2,1-14H3,(H,43,44)/t21-,22-,23+,24-,25-,26+,27+,28+,29-,31-,32-,33+,34-,35-,37+,38-,39-,40-/m1/s1. The number of aliphatic carboxylic acids is 1. The fourth-order valence-electron chi connectivity index (χ4n) is 9.39. The smallest absolute Gasteiger partial charge is 0.311 e. The second-order valence-corrected chi connectivity index (χ2v) is 17.9. The number of carbonyl (C=O) groups is 2. The van der Waals surface area contributed by atoms with Crippen molar-refractivity contribution in [3.05, 3.63) is 0 Å². The highest BCUT2D eigenvalue weighted by Gasteiger charge is 2.53. The second kappa shape index (κ2) is 19.0. The zero-order valence-electron chi connectivity index (χ0n) is 35.8. The minimum Gasteiger partial charge on any atom is -0.481 e. The van der Waals surface area contributed by atoms with Crippen LogP contribution in [0, 0.1) is 23.7 Å². The molecule has 3 aliphatic heterocycles. The van der Waals surface area contributed by atoms with Crippen molar-refractivity contribution < 1.29 is 63.5 Å². The highest BCUT2D eigenvalue weighted by atomic mass is 16.7. The number of carboxylic acids is 1. The van der Waals surface area contributed by atoms with E-state index in [0.29, 0.717) is 13.0 Å². The molecular weight excluding hydrogens is 716 g/mol. The molecule has 0 unspecified atom stereocenters. The Morgan fingerprint density at radius 1 is 1.00 bits per heavy atom. The minimum absolute atomic E-state index is 0.130. The van der Waals surface area contributed by atoms with Gasteiger partial charge < -0.3 is 63.8 Å². The fourth-order valence-corrected chi connectivity index (χ4v) is 9.39. The summed E-state index contributed by atoms with van der Waals surface area (Å²) in [5.74, 6) is -4.20. The molecule has 15 nitrogen and oxygen atoms in total. The number of aliphatic hydroxyl groups excluding tert-OH is 2. The van der Waals surface area contributed by atoms with E-state index in [1.807, 2.05) is 51.7 Å². The first-order valence-corrected chi connectivity index (χ1v) is 20.1. The SMILES string of the molecule is CC[C@H]1OC(=O)[C@H](C)[C@@H](O[C@@H]2C[C@@](C)(OC)[C@@H](CC(=O)O)[C@H](C)O2)[C@H](C)[C@@H](O[C@@H]2O[C@H](C)C[C@H](N(C)C)[C@H]2O)[C@](C)(O)C[C@@H](C)CN(C)[C@H](C)[C@@H](O)[C@]1(C)O. The number of hydrogen-bond acceptors (Lipinski definition) is 14. The monoisotopic (exact) mass is 791 g/mol. The van der Waals surface area contributed by atoms with Gasteiger partial charge >= 0.3 is 11.9 Å². The van der Waals surface area contributed by atoms with Gasteiger partial charge in [0.1, 0.15) is 23.9 Å². The molecule has 322 valence electrons. The Hall–Kier alpha value is -1.50. The topological polar surface area (TPSA) is 197 Å². The van der Waals surface area contributed by atoms with Crippen LogP contribution in [0.2, 0.25) is 0 Å². The predicted octanol–water partition coefficient (Wildman–Crippen LogP) is 2.63. The third kappa shape index (κ3) is 11.2.